The van der Waals surface area contributed by atoms with Gasteiger partial charge in [-0.1, -0.05) is 0 Å². The Morgan fingerprint density at radius 1 is 0.600 bits per heavy atom. The van der Waals surface area contributed by atoms with Crippen LogP contribution < -0.4 is 18.4 Å². The van der Waals surface area contributed by atoms with E-state index < -0.39 is 0 Å². The van der Waals surface area contributed by atoms with E-state index in [9.17, 15) is 0 Å². The molecule has 0 N–H and O–H groups in total. The monoisotopic (exact) mass is 576 g/mol. The van der Waals surface area contributed by atoms with Crippen LogP contribution in [0.5, 0.6) is 11.5 Å². The van der Waals surface area contributed by atoms with Gasteiger partial charge in [0.05, 0.1) is 0 Å². The van der Waals surface area contributed by atoms with E-state index in [2.05, 4.69) is 79.7 Å². The summed E-state index contributed by atoms with van der Waals surface area (Å²) in [7, 11) is 3.86. The third-order valence-corrected chi connectivity index (χ3v) is 14.8. The molecule has 1 aliphatic heterocycles. The quantitative estimate of drug-likeness (QED) is 0.316. The van der Waals surface area contributed by atoms with E-state index in [1.54, 1.807) is 0 Å². The summed E-state index contributed by atoms with van der Waals surface area (Å²) >= 11 is 0.676. The van der Waals surface area contributed by atoms with Gasteiger partial charge in [0.15, 0.2) is 0 Å². The van der Waals surface area contributed by atoms with Crippen molar-refractivity contribution in [2.45, 2.75) is 89.2 Å². The third kappa shape index (κ3) is 5.57. The summed E-state index contributed by atoms with van der Waals surface area (Å²) in [5, 5.41) is 0. The molecule has 0 aliphatic carbocycles. The van der Waals surface area contributed by atoms with Crippen LogP contribution >= 0.6 is 21.6 Å². The zero-order valence-corrected chi connectivity index (χ0v) is 24.1. The van der Waals surface area contributed by atoms with Crippen LogP contribution in [0.1, 0.15) is 78.4 Å². The first-order chi connectivity index (χ1) is 14.2. The van der Waals surface area contributed by atoms with Gasteiger partial charge in [-0.3, -0.25) is 0 Å². The van der Waals surface area contributed by atoms with Crippen molar-refractivity contribution in [3.05, 3.63) is 35.4 Å². The van der Waals surface area contributed by atoms with Crippen molar-refractivity contribution < 1.29 is 9.47 Å². The van der Waals surface area contributed by atoms with Crippen LogP contribution in [0.4, 0.5) is 0 Å². The predicted molar refractivity (Wildman–Crippen MR) is 135 cm³/mol. The number of fused-ring (bicyclic) bond motifs is 2. The number of hydrogen-bond acceptors (Lipinski definition) is 4. The van der Waals surface area contributed by atoms with Crippen molar-refractivity contribution in [2.75, 3.05) is 0 Å². The standard InChI is InChI=1S/C24H32O2S2Se2/c1-13(2)17-9-11-19(25-15(5)6)23-21(17)27-28-22-18(14(3)4)10-12-20(26-16(7)8)24(22)30-29-23/h9-16H,1-8H3. The van der Waals surface area contributed by atoms with E-state index in [0.717, 1.165) is 11.5 Å². The topological polar surface area (TPSA) is 18.5 Å². The van der Waals surface area contributed by atoms with E-state index in [4.69, 9.17) is 9.47 Å². The first kappa shape index (κ1) is 24.4. The molecule has 0 fully saturated rings. The van der Waals surface area contributed by atoms with Gasteiger partial charge < -0.3 is 0 Å². The van der Waals surface area contributed by atoms with E-state index in [1.807, 2.05) is 21.6 Å². The second-order valence-electron chi connectivity index (χ2n) is 8.60. The molecule has 0 atom stereocenters. The van der Waals surface area contributed by atoms with Crippen molar-refractivity contribution in [1.29, 1.82) is 0 Å². The van der Waals surface area contributed by atoms with Crippen LogP contribution in [0.3, 0.4) is 0 Å². The Kier molecular flexibility index (Phi) is 8.63. The molecule has 2 nitrogen and oxygen atoms in total. The van der Waals surface area contributed by atoms with E-state index in [0.29, 0.717) is 38.1 Å². The third-order valence-electron chi connectivity index (χ3n) is 4.60. The van der Waals surface area contributed by atoms with Crippen LogP contribution in [-0.4, -0.2) is 38.5 Å². The zero-order valence-electron chi connectivity index (χ0n) is 19.1. The minimum atomic E-state index is 0.185. The van der Waals surface area contributed by atoms with Crippen LogP contribution in [0.15, 0.2) is 34.1 Å². The fourth-order valence-electron chi connectivity index (χ4n) is 3.22. The fourth-order valence-corrected chi connectivity index (χ4v) is 16.4. The minimum absolute atomic E-state index is 0.185. The van der Waals surface area contributed by atoms with Gasteiger partial charge in [0, 0.05) is 0 Å². The van der Waals surface area contributed by atoms with Gasteiger partial charge in [-0.25, -0.2) is 0 Å². The Bertz CT molecular complexity index is 822. The van der Waals surface area contributed by atoms with E-state index in [1.165, 1.54) is 29.8 Å². The Labute approximate surface area is 201 Å². The van der Waals surface area contributed by atoms with Crippen molar-refractivity contribution >= 4 is 56.8 Å². The summed E-state index contributed by atoms with van der Waals surface area (Å²) in [5.41, 5.74) is 2.89. The molecule has 3 rings (SSSR count). The second kappa shape index (κ2) is 10.6. The molecular weight excluding hydrogens is 542 g/mol. The molecule has 0 radical (unpaired) electrons. The zero-order chi connectivity index (χ0) is 22.0. The van der Waals surface area contributed by atoms with Gasteiger partial charge >= 0.3 is 202 Å². The first-order valence-corrected chi connectivity index (χ1v) is 18.7. The van der Waals surface area contributed by atoms with E-state index in [-0.39, 0.29) is 12.2 Å². The molecular formula is C24H32O2S2Se2. The van der Waals surface area contributed by atoms with Gasteiger partial charge in [0.1, 0.15) is 0 Å². The second-order valence-corrected chi connectivity index (χ2v) is 16.8. The molecule has 0 amide bonds. The van der Waals surface area contributed by atoms with Crippen LogP contribution in [-0.2, 0) is 0 Å². The van der Waals surface area contributed by atoms with Crippen molar-refractivity contribution in [2.24, 2.45) is 0 Å². The average Bonchev–Trinajstić information content (AvgIpc) is 2.62. The van der Waals surface area contributed by atoms with Gasteiger partial charge in [-0.2, -0.15) is 0 Å². The Hall–Kier alpha value is -0.221. The SMILES string of the molecule is CC(C)Oc1ccc(C(C)C)c2c1[Se][Se]c1c(OC(C)C)ccc(C(C)C)c1SS2. The van der Waals surface area contributed by atoms with Gasteiger partial charge in [-0.05, 0) is 0 Å². The molecule has 0 aromatic heterocycles. The molecule has 0 bridgehead atoms. The Balaban J connectivity index is 2.12. The summed E-state index contributed by atoms with van der Waals surface area (Å²) in [4.78, 5) is 2.87. The van der Waals surface area contributed by atoms with E-state index >= 15 is 0 Å². The maximum atomic E-state index is 6.26. The molecule has 2 aromatic carbocycles. The van der Waals surface area contributed by atoms with Gasteiger partial charge in [0.25, 0.3) is 0 Å². The predicted octanol–water partition coefficient (Wildman–Crippen LogP) is 5.89. The number of rotatable bonds is 6. The molecule has 1 aliphatic rings. The van der Waals surface area contributed by atoms with Crippen LogP contribution in [0.25, 0.3) is 0 Å². The molecule has 2 aromatic rings. The summed E-state index contributed by atoms with van der Waals surface area (Å²) in [5.74, 6) is 3.16. The average molecular weight is 575 g/mol. The molecule has 164 valence electrons. The van der Waals surface area contributed by atoms with Crippen molar-refractivity contribution in [3.63, 3.8) is 0 Å². The first-order valence-electron chi connectivity index (χ1n) is 10.5. The van der Waals surface area contributed by atoms with Gasteiger partial charge in [-0.15, -0.1) is 0 Å². The summed E-state index contributed by atoms with van der Waals surface area (Å²) in [6, 6.07) is 8.97. The number of hydrogen-bond donors (Lipinski definition) is 0. The van der Waals surface area contributed by atoms with Gasteiger partial charge in [0.2, 0.25) is 0 Å². The van der Waals surface area contributed by atoms with Crippen molar-refractivity contribution in [3.8, 4) is 11.5 Å². The van der Waals surface area contributed by atoms with Crippen LogP contribution in [0, 0.1) is 0 Å². The Morgan fingerprint density at radius 2 is 0.967 bits per heavy atom. The number of benzene rings is 2. The summed E-state index contributed by atoms with van der Waals surface area (Å²) in [6.45, 7) is 17.6. The fraction of sp³-hybridized carbons (Fsp3) is 0.500. The Morgan fingerprint density at radius 3 is 1.27 bits per heavy atom. The molecule has 0 saturated carbocycles. The molecule has 0 saturated heterocycles. The van der Waals surface area contributed by atoms with Crippen molar-refractivity contribution in [1.82, 2.24) is 0 Å². The number of ether oxygens (including phenoxy) is 2. The molecule has 6 heteroatoms. The maximum absolute atomic E-state index is 6.26. The molecule has 1 heterocycles. The summed E-state index contributed by atoms with van der Waals surface area (Å²) in [6.07, 6.45) is 0.370. The summed E-state index contributed by atoms with van der Waals surface area (Å²) < 4.78 is 15.4. The molecule has 30 heavy (non-hydrogen) atoms. The van der Waals surface area contributed by atoms with Crippen LogP contribution in [0.2, 0.25) is 0 Å². The molecule has 0 unspecified atom stereocenters. The molecule has 0 spiro atoms. The normalized spacial score (nSPS) is 14.0.